The van der Waals surface area contributed by atoms with Gasteiger partial charge in [0.2, 0.25) is 0 Å². The minimum Gasteiger partial charge on any atom is -0.337 e. The average Bonchev–Trinajstić information content (AvgIpc) is 2.87. The molecule has 1 saturated heterocycles. The number of sulfonamides is 1. The molecule has 0 radical (unpaired) electrons. The fourth-order valence-electron chi connectivity index (χ4n) is 1.87. The smallest absolute Gasteiger partial charge is 0.259 e. The molecule has 0 amide bonds. The van der Waals surface area contributed by atoms with Crippen LogP contribution in [0.15, 0.2) is 11.2 Å². The lowest BCUT2D eigenvalue weighted by Gasteiger charge is -2.10. The lowest BCUT2D eigenvalue weighted by atomic mass is 10.2. The van der Waals surface area contributed by atoms with Crippen LogP contribution in [0.4, 0.5) is 0 Å². The first kappa shape index (κ1) is 12.5. The van der Waals surface area contributed by atoms with Crippen LogP contribution in [0.25, 0.3) is 0 Å². The molecule has 1 atom stereocenters. The molecule has 6 nitrogen and oxygen atoms in total. The Morgan fingerprint density at radius 2 is 2.41 bits per heavy atom. The highest BCUT2D eigenvalue weighted by atomic mass is 32.2. The van der Waals surface area contributed by atoms with Crippen molar-refractivity contribution >= 4 is 10.0 Å². The van der Waals surface area contributed by atoms with Crippen molar-refractivity contribution in [2.75, 3.05) is 13.1 Å². The largest absolute Gasteiger partial charge is 0.337 e. The summed E-state index contributed by atoms with van der Waals surface area (Å²) in [5.41, 5.74) is 0. The van der Waals surface area contributed by atoms with Crippen molar-refractivity contribution in [1.29, 1.82) is 0 Å². The van der Waals surface area contributed by atoms with E-state index in [1.54, 1.807) is 18.5 Å². The van der Waals surface area contributed by atoms with E-state index in [1.165, 1.54) is 6.20 Å². The zero-order valence-corrected chi connectivity index (χ0v) is 10.9. The van der Waals surface area contributed by atoms with Crippen molar-refractivity contribution in [2.24, 2.45) is 7.05 Å². The van der Waals surface area contributed by atoms with Gasteiger partial charge in [0.05, 0.1) is 0 Å². The van der Waals surface area contributed by atoms with Gasteiger partial charge in [-0.25, -0.2) is 18.1 Å². The standard InChI is InChI=1S/C10H18N4O2S/c1-8-13-10(7-14(8)2)17(15,16)12-6-9-4-3-5-11-9/h7,9,11-12H,3-6H2,1-2H3/t9-/m1/s1. The average molecular weight is 258 g/mol. The maximum atomic E-state index is 11.9. The topological polar surface area (TPSA) is 76.0 Å². The summed E-state index contributed by atoms with van der Waals surface area (Å²) in [5, 5.41) is 3.34. The number of hydrogen-bond acceptors (Lipinski definition) is 4. The van der Waals surface area contributed by atoms with Gasteiger partial charge in [0, 0.05) is 25.8 Å². The summed E-state index contributed by atoms with van der Waals surface area (Å²) in [5.74, 6) is 0.685. The first-order chi connectivity index (χ1) is 7.99. The van der Waals surface area contributed by atoms with Crippen LogP contribution in [-0.2, 0) is 17.1 Å². The Morgan fingerprint density at radius 1 is 1.65 bits per heavy atom. The maximum absolute atomic E-state index is 11.9. The predicted octanol–water partition coefficient (Wildman–Crippen LogP) is -0.241. The minimum absolute atomic E-state index is 0.0931. The lowest BCUT2D eigenvalue weighted by molar-refractivity contribution is 0.549. The van der Waals surface area contributed by atoms with Crippen LogP contribution < -0.4 is 10.0 Å². The van der Waals surface area contributed by atoms with E-state index in [4.69, 9.17) is 0 Å². The summed E-state index contributed by atoms with van der Waals surface area (Å²) < 4.78 is 28.2. The molecule has 7 heteroatoms. The second kappa shape index (κ2) is 4.75. The van der Waals surface area contributed by atoms with Gasteiger partial charge in [-0.3, -0.25) is 0 Å². The number of hydrogen-bond donors (Lipinski definition) is 2. The highest BCUT2D eigenvalue weighted by molar-refractivity contribution is 7.89. The van der Waals surface area contributed by atoms with Gasteiger partial charge in [-0.1, -0.05) is 0 Å². The Morgan fingerprint density at radius 3 is 2.94 bits per heavy atom. The van der Waals surface area contributed by atoms with Crippen molar-refractivity contribution in [1.82, 2.24) is 19.6 Å². The second-order valence-electron chi connectivity index (χ2n) is 4.38. The molecule has 1 aromatic rings. The normalized spacial score (nSPS) is 20.9. The Balaban J connectivity index is 2.03. The fraction of sp³-hybridized carbons (Fsp3) is 0.700. The SMILES string of the molecule is Cc1nc(S(=O)(=O)NC[C@H]2CCCN2)cn1C. The highest BCUT2D eigenvalue weighted by Crippen LogP contribution is 2.09. The van der Waals surface area contributed by atoms with Gasteiger partial charge >= 0.3 is 0 Å². The monoisotopic (exact) mass is 258 g/mol. The summed E-state index contributed by atoms with van der Waals surface area (Å²) in [6, 6.07) is 0.245. The van der Waals surface area contributed by atoms with Crippen molar-refractivity contribution < 1.29 is 8.42 Å². The molecule has 1 aliphatic heterocycles. The third-order valence-corrected chi connectivity index (χ3v) is 4.34. The lowest BCUT2D eigenvalue weighted by Crippen LogP contribution is -2.37. The van der Waals surface area contributed by atoms with Crippen LogP contribution >= 0.6 is 0 Å². The summed E-state index contributed by atoms with van der Waals surface area (Å²) in [6.07, 6.45) is 3.65. The Hall–Kier alpha value is -0.920. The van der Waals surface area contributed by atoms with Crippen LogP contribution in [0.2, 0.25) is 0 Å². The van der Waals surface area contributed by atoms with E-state index in [0.29, 0.717) is 12.4 Å². The molecule has 1 aliphatic rings. The first-order valence-corrected chi connectivity index (χ1v) is 7.20. The van der Waals surface area contributed by atoms with Crippen LogP contribution in [-0.4, -0.2) is 37.1 Å². The van der Waals surface area contributed by atoms with Crippen LogP contribution in [0.3, 0.4) is 0 Å². The van der Waals surface area contributed by atoms with Gasteiger partial charge in [-0.05, 0) is 26.3 Å². The minimum atomic E-state index is -3.47. The Labute approximate surface area is 101 Å². The summed E-state index contributed by atoms with van der Waals surface area (Å²) >= 11 is 0. The zero-order valence-electron chi connectivity index (χ0n) is 10.1. The molecule has 2 rings (SSSR count). The van der Waals surface area contributed by atoms with Gasteiger partial charge < -0.3 is 9.88 Å². The summed E-state index contributed by atoms with van der Waals surface area (Å²) in [7, 11) is -1.69. The third-order valence-electron chi connectivity index (χ3n) is 3.04. The second-order valence-corrected chi connectivity index (χ2v) is 6.10. The zero-order chi connectivity index (χ0) is 12.5. The molecule has 1 fully saturated rings. The van der Waals surface area contributed by atoms with Crippen molar-refractivity contribution in [3.05, 3.63) is 12.0 Å². The fourth-order valence-corrected chi connectivity index (χ4v) is 2.99. The summed E-state index contributed by atoms with van der Waals surface area (Å²) in [6.45, 7) is 3.17. The van der Waals surface area contributed by atoms with E-state index in [0.717, 1.165) is 19.4 Å². The van der Waals surface area contributed by atoms with Crippen LogP contribution in [0, 0.1) is 6.92 Å². The molecule has 2 heterocycles. The molecule has 17 heavy (non-hydrogen) atoms. The third kappa shape index (κ3) is 2.85. The van der Waals surface area contributed by atoms with E-state index in [2.05, 4.69) is 15.0 Å². The number of imidazole rings is 1. The van der Waals surface area contributed by atoms with Crippen molar-refractivity contribution in [3.63, 3.8) is 0 Å². The molecule has 1 aromatic heterocycles. The molecular weight excluding hydrogens is 240 g/mol. The molecule has 96 valence electrons. The molecule has 0 spiro atoms. The summed E-state index contributed by atoms with van der Waals surface area (Å²) in [4.78, 5) is 4.02. The van der Waals surface area contributed by atoms with E-state index < -0.39 is 10.0 Å². The molecule has 0 bridgehead atoms. The first-order valence-electron chi connectivity index (χ1n) is 5.72. The molecule has 0 saturated carbocycles. The van der Waals surface area contributed by atoms with E-state index >= 15 is 0 Å². The maximum Gasteiger partial charge on any atom is 0.259 e. The van der Waals surface area contributed by atoms with E-state index in [9.17, 15) is 8.42 Å². The quantitative estimate of drug-likeness (QED) is 0.781. The van der Waals surface area contributed by atoms with Crippen molar-refractivity contribution in [3.8, 4) is 0 Å². The van der Waals surface area contributed by atoms with Gasteiger partial charge in [0.25, 0.3) is 10.0 Å². The van der Waals surface area contributed by atoms with Gasteiger partial charge in [0.1, 0.15) is 5.82 Å². The number of aryl methyl sites for hydroxylation is 2. The Kier molecular flexibility index (Phi) is 3.50. The molecular formula is C10H18N4O2S. The van der Waals surface area contributed by atoms with Crippen LogP contribution in [0.5, 0.6) is 0 Å². The van der Waals surface area contributed by atoms with Crippen LogP contribution in [0.1, 0.15) is 18.7 Å². The van der Waals surface area contributed by atoms with E-state index in [1.807, 2.05) is 0 Å². The highest BCUT2D eigenvalue weighted by Gasteiger charge is 2.21. The van der Waals surface area contributed by atoms with Crippen molar-refractivity contribution in [2.45, 2.75) is 30.8 Å². The molecule has 2 N–H and O–H groups in total. The van der Waals surface area contributed by atoms with Gasteiger partial charge in [0.15, 0.2) is 5.03 Å². The predicted molar refractivity (Wildman–Crippen MR) is 64.2 cm³/mol. The van der Waals surface area contributed by atoms with Gasteiger partial charge in [-0.15, -0.1) is 0 Å². The number of rotatable bonds is 4. The van der Waals surface area contributed by atoms with Gasteiger partial charge in [-0.2, -0.15) is 0 Å². The molecule has 0 unspecified atom stereocenters. The number of nitrogens with zero attached hydrogens (tertiary/aromatic N) is 2. The van der Waals surface area contributed by atoms with E-state index in [-0.39, 0.29) is 11.1 Å². The molecule has 0 aliphatic carbocycles. The number of aromatic nitrogens is 2. The molecule has 0 aromatic carbocycles. The Bertz CT molecular complexity index is 469. The number of nitrogens with one attached hydrogen (secondary N) is 2.